The van der Waals surface area contributed by atoms with E-state index in [-0.39, 0.29) is 26.9 Å². The van der Waals surface area contributed by atoms with E-state index >= 15 is 0 Å². The van der Waals surface area contributed by atoms with Crippen molar-refractivity contribution in [3.63, 3.8) is 0 Å². The summed E-state index contributed by atoms with van der Waals surface area (Å²) in [6, 6.07) is 9.96. The number of anilines is 2. The molecule has 0 aliphatic rings. The van der Waals surface area contributed by atoms with Crippen molar-refractivity contribution in [2.45, 2.75) is 4.90 Å². The van der Waals surface area contributed by atoms with Crippen LogP contribution in [0.3, 0.4) is 0 Å². The molecule has 0 saturated carbocycles. The van der Waals surface area contributed by atoms with Gasteiger partial charge in [-0.3, -0.25) is 9.52 Å². The normalized spacial score (nSPS) is 11.1. The van der Waals surface area contributed by atoms with Gasteiger partial charge in [0.25, 0.3) is 15.9 Å². The molecule has 0 aliphatic carbocycles. The van der Waals surface area contributed by atoms with E-state index in [9.17, 15) is 13.2 Å². The van der Waals surface area contributed by atoms with Crippen LogP contribution < -0.4 is 16.2 Å². The predicted octanol–water partition coefficient (Wildman–Crippen LogP) is 1.82. The lowest BCUT2D eigenvalue weighted by atomic mass is 10.2. The van der Waals surface area contributed by atoms with Crippen LogP contribution in [0, 0.1) is 0 Å². The number of hydrogen-bond acceptors (Lipinski definition) is 4. The highest BCUT2D eigenvalue weighted by atomic mass is 35.5. The third-order valence-electron chi connectivity index (χ3n) is 2.71. The molecular weight excluding hydrogens is 314 g/mol. The van der Waals surface area contributed by atoms with Crippen LogP contribution in [0.1, 0.15) is 10.4 Å². The van der Waals surface area contributed by atoms with Crippen LogP contribution in [0.25, 0.3) is 0 Å². The highest BCUT2D eigenvalue weighted by Gasteiger charge is 2.18. The van der Waals surface area contributed by atoms with Crippen molar-refractivity contribution in [1.82, 2.24) is 0 Å². The molecule has 2 aromatic carbocycles. The Morgan fingerprint density at radius 2 is 1.81 bits per heavy atom. The van der Waals surface area contributed by atoms with Gasteiger partial charge in [0, 0.05) is 0 Å². The topological polar surface area (TPSA) is 115 Å². The summed E-state index contributed by atoms with van der Waals surface area (Å²) in [5.41, 5.74) is 11.1. The molecule has 1 amide bonds. The van der Waals surface area contributed by atoms with E-state index in [1.54, 1.807) is 12.1 Å². The molecule has 5 N–H and O–H groups in total. The second kappa shape index (κ2) is 5.63. The van der Waals surface area contributed by atoms with Crippen molar-refractivity contribution < 1.29 is 13.2 Å². The first-order valence-corrected chi connectivity index (χ1v) is 7.64. The molecule has 2 aromatic rings. The molecule has 21 heavy (non-hydrogen) atoms. The van der Waals surface area contributed by atoms with Crippen LogP contribution in [0.4, 0.5) is 11.4 Å². The van der Waals surface area contributed by atoms with Crippen LogP contribution in [0.2, 0.25) is 5.02 Å². The van der Waals surface area contributed by atoms with E-state index in [1.807, 2.05) is 0 Å². The summed E-state index contributed by atoms with van der Waals surface area (Å²) in [4.78, 5) is 11.2. The molecule has 0 radical (unpaired) electrons. The maximum absolute atomic E-state index is 12.3. The first kappa shape index (κ1) is 15.1. The number of halogens is 1. The van der Waals surface area contributed by atoms with Crippen molar-refractivity contribution in [1.29, 1.82) is 0 Å². The smallest absolute Gasteiger partial charge is 0.261 e. The average molecular weight is 326 g/mol. The fraction of sp³-hybridized carbons (Fsp3) is 0. The lowest BCUT2D eigenvalue weighted by Crippen LogP contribution is -2.18. The lowest BCUT2D eigenvalue weighted by Gasteiger charge is -2.11. The molecule has 0 spiro atoms. The number of nitrogens with one attached hydrogen (secondary N) is 1. The minimum Gasteiger partial charge on any atom is -0.397 e. The van der Waals surface area contributed by atoms with Crippen molar-refractivity contribution >= 4 is 38.9 Å². The van der Waals surface area contributed by atoms with Gasteiger partial charge in [0.1, 0.15) is 0 Å². The van der Waals surface area contributed by atoms with Crippen LogP contribution in [0.5, 0.6) is 0 Å². The standard InChI is InChI=1S/C13H12ClN3O3S/c14-10-6-5-8(7-11(10)15)21(19,20)17-12-4-2-1-3-9(12)13(16)18/h1-7,17H,15H2,(H2,16,18). The molecular formula is C13H12ClN3O3S. The molecule has 0 saturated heterocycles. The first-order valence-electron chi connectivity index (χ1n) is 5.78. The second-order valence-corrected chi connectivity index (χ2v) is 6.29. The quantitative estimate of drug-likeness (QED) is 0.743. The van der Waals surface area contributed by atoms with Crippen molar-refractivity contribution in [2.24, 2.45) is 5.73 Å². The number of hydrogen-bond donors (Lipinski definition) is 3. The number of nitrogen functional groups attached to an aromatic ring is 1. The summed E-state index contributed by atoms with van der Waals surface area (Å²) in [6.45, 7) is 0. The molecule has 0 bridgehead atoms. The summed E-state index contributed by atoms with van der Waals surface area (Å²) in [5, 5.41) is 0.256. The fourth-order valence-corrected chi connectivity index (χ4v) is 2.91. The summed E-state index contributed by atoms with van der Waals surface area (Å²) >= 11 is 5.76. The maximum atomic E-state index is 12.3. The monoisotopic (exact) mass is 325 g/mol. The highest BCUT2D eigenvalue weighted by Crippen LogP contribution is 2.25. The Balaban J connectivity index is 2.42. The molecule has 0 heterocycles. The fourth-order valence-electron chi connectivity index (χ4n) is 1.68. The van der Waals surface area contributed by atoms with Gasteiger partial charge in [-0.05, 0) is 30.3 Å². The zero-order valence-corrected chi connectivity index (χ0v) is 12.3. The zero-order valence-electron chi connectivity index (χ0n) is 10.7. The average Bonchev–Trinajstić information content (AvgIpc) is 2.41. The molecule has 0 fully saturated rings. The number of para-hydroxylation sites is 1. The van der Waals surface area contributed by atoms with Gasteiger partial charge in [0.05, 0.1) is 26.9 Å². The third-order valence-corrected chi connectivity index (χ3v) is 4.42. The van der Waals surface area contributed by atoms with E-state index in [1.165, 1.54) is 30.3 Å². The van der Waals surface area contributed by atoms with Gasteiger partial charge < -0.3 is 11.5 Å². The Bertz CT molecular complexity index is 806. The Kier molecular flexibility index (Phi) is 4.06. The SMILES string of the molecule is NC(=O)c1ccccc1NS(=O)(=O)c1ccc(Cl)c(N)c1. The van der Waals surface area contributed by atoms with Crippen molar-refractivity contribution in [3.05, 3.63) is 53.1 Å². The van der Waals surface area contributed by atoms with Crippen LogP contribution in [-0.4, -0.2) is 14.3 Å². The number of rotatable bonds is 4. The van der Waals surface area contributed by atoms with Gasteiger partial charge in [0.2, 0.25) is 0 Å². The van der Waals surface area contributed by atoms with Crippen LogP contribution >= 0.6 is 11.6 Å². The van der Waals surface area contributed by atoms with Crippen molar-refractivity contribution in [3.8, 4) is 0 Å². The van der Waals surface area contributed by atoms with Crippen LogP contribution in [0.15, 0.2) is 47.4 Å². The Labute approximate surface area is 126 Å². The summed E-state index contributed by atoms with van der Waals surface area (Å²) < 4.78 is 26.9. The van der Waals surface area contributed by atoms with Crippen molar-refractivity contribution in [2.75, 3.05) is 10.5 Å². The lowest BCUT2D eigenvalue weighted by molar-refractivity contribution is 0.100. The first-order chi connectivity index (χ1) is 9.81. The molecule has 2 rings (SSSR count). The van der Waals surface area contributed by atoms with Gasteiger partial charge in [0.15, 0.2) is 0 Å². The van der Waals surface area contributed by atoms with Gasteiger partial charge in [-0.1, -0.05) is 23.7 Å². The molecule has 0 atom stereocenters. The second-order valence-electron chi connectivity index (χ2n) is 4.20. The van der Waals surface area contributed by atoms with E-state index in [4.69, 9.17) is 23.1 Å². The largest absolute Gasteiger partial charge is 0.397 e. The Morgan fingerprint density at radius 1 is 1.14 bits per heavy atom. The van der Waals surface area contributed by atoms with E-state index in [2.05, 4.69) is 4.72 Å². The van der Waals surface area contributed by atoms with E-state index in [0.717, 1.165) is 0 Å². The minimum absolute atomic E-state index is 0.0660. The highest BCUT2D eigenvalue weighted by molar-refractivity contribution is 7.92. The zero-order chi connectivity index (χ0) is 15.6. The molecule has 0 aliphatic heterocycles. The third kappa shape index (κ3) is 3.26. The number of primary amides is 1. The van der Waals surface area contributed by atoms with Gasteiger partial charge in [-0.15, -0.1) is 0 Å². The molecule has 8 heteroatoms. The summed E-state index contributed by atoms with van der Waals surface area (Å²) in [7, 11) is -3.91. The van der Waals surface area contributed by atoms with Gasteiger partial charge in [-0.2, -0.15) is 0 Å². The Hall–Kier alpha value is -2.25. The predicted molar refractivity (Wildman–Crippen MR) is 81.6 cm³/mol. The summed E-state index contributed by atoms with van der Waals surface area (Å²) in [6.07, 6.45) is 0. The Morgan fingerprint density at radius 3 is 2.43 bits per heavy atom. The number of benzene rings is 2. The van der Waals surface area contributed by atoms with Crippen LogP contribution in [-0.2, 0) is 10.0 Å². The number of amides is 1. The van der Waals surface area contributed by atoms with E-state index in [0.29, 0.717) is 0 Å². The number of sulfonamides is 1. The maximum Gasteiger partial charge on any atom is 0.261 e. The minimum atomic E-state index is -3.91. The van der Waals surface area contributed by atoms with Gasteiger partial charge in [-0.25, -0.2) is 8.42 Å². The van der Waals surface area contributed by atoms with Gasteiger partial charge >= 0.3 is 0 Å². The van der Waals surface area contributed by atoms with E-state index < -0.39 is 15.9 Å². The number of carbonyl (C=O) groups is 1. The molecule has 0 aromatic heterocycles. The summed E-state index contributed by atoms with van der Waals surface area (Å²) in [5.74, 6) is -0.732. The number of carbonyl (C=O) groups excluding carboxylic acids is 1. The molecule has 0 unspecified atom stereocenters. The molecule has 110 valence electrons. The molecule has 6 nitrogen and oxygen atoms in total. The number of nitrogens with two attached hydrogens (primary N) is 2.